The van der Waals surface area contributed by atoms with Crippen LogP contribution < -0.4 is 10.6 Å². The van der Waals surface area contributed by atoms with Crippen molar-refractivity contribution >= 4 is 33.9 Å². The van der Waals surface area contributed by atoms with E-state index in [1.54, 1.807) is 12.4 Å². The smallest absolute Gasteiger partial charge is 0.275 e. The summed E-state index contributed by atoms with van der Waals surface area (Å²) in [6.45, 7) is 5.28. The van der Waals surface area contributed by atoms with Gasteiger partial charge in [0.2, 0.25) is 0 Å². The zero-order valence-electron chi connectivity index (χ0n) is 18.6. The maximum Gasteiger partial charge on any atom is 0.275 e. The topological polar surface area (TPSA) is 89.2 Å². The molecule has 168 valence electrons. The van der Waals surface area contributed by atoms with Gasteiger partial charge in [-0.25, -0.2) is 4.98 Å². The van der Waals surface area contributed by atoms with Gasteiger partial charge in [0, 0.05) is 50.0 Å². The number of hydrogen-bond donors (Lipinski definition) is 3. The van der Waals surface area contributed by atoms with Gasteiger partial charge in [-0.2, -0.15) is 5.10 Å². The quantitative estimate of drug-likeness (QED) is 0.423. The number of rotatable bonds is 6. The summed E-state index contributed by atoms with van der Waals surface area (Å²) in [5.74, 6) is 0.416. The number of nitrogens with one attached hydrogen (secondary N) is 3. The minimum Gasteiger partial charge on any atom is -0.336 e. The van der Waals surface area contributed by atoms with Crippen molar-refractivity contribution in [3.63, 3.8) is 0 Å². The van der Waals surface area contributed by atoms with Crippen LogP contribution in [0.2, 0.25) is 0 Å². The molecule has 2 aromatic heterocycles. The number of aromatic amines is 1. The zero-order valence-corrected chi connectivity index (χ0v) is 18.6. The second kappa shape index (κ2) is 9.40. The highest BCUT2D eigenvalue weighted by atomic mass is 16.2. The molecule has 0 saturated carbocycles. The molecule has 4 aromatic rings. The summed E-state index contributed by atoms with van der Waals surface area (Å²) < 4.78 is 0. The highest BCUT2D eigenvalue weighted by Gasteiger charge is 2.17. The Kier molecular flexibility index (Phi) is 6.01. The molecule has 0 unspecified atom stereocenters. The van der Waals surface area contributed by atoms with Crippen molar-refractivity contribution in [1.82, 2.24) is 25.0 Å². The Morgan fingerprint density at radius 2 is 1.82 bits per heavy atom. The molecule has 0 spiro atoms. The average Bonchev–Trinajstić information content (AvgIpc) is 3.30. The molecule has 0 bridgehead atoms. The fourth-order valence-corrected chi connectivity index (χ4v) is 4.05. The number of anilines is 3. The molecule has 0 atom stereocenters. The fourth-order valence-electron chi connectivity index (χ4n) is 4.05. The van der Waals surface area contributed by atoms with Gasteiger partial charge in [-0.05, 0) is 36.2 Å². The van der Waals surface area contributed by atoms with Gasteiger partial charge in [-0.15, -0.1) is 0 Å². The van der Waals surface area contributed by atoms with Gasteiger partial charge in [0.25, 0.3) is 5.91 Å². The summed E-state index contributed by atoms with van der Waals surface area (Å²) in [4.78, 5) is 22.2. The van der Waals surface area contributed by atoms with Crippen LogP contribution in [-0.4, -0.2) is 64.1 Å². The Labute approximate surface area is 192 Å². The number of aromatic nitrogens is 3. The molecule has 8 heteroatoms. The highest BCUT2D eigenvalue weighted by molar-refractivity contribution is 6.07. The van der Waals surface area contributed by atoms with E-state index in [0.29, 0.717) is 17.2 Å². The van der Waals surface area contributed by atoms with Gasteiger partial charge < -0.3 is 15.5 Å². The standard InChI is InChI=1S/C25H27N7O/c1-31-12-14-32(15-13-31)17-18-6-8-20(9-7-18)28-25(33)23-22(16-27-30-23)29-24-21-5-3-2-4-19(21)10-11-26-24/h2-11,16H,12-15,17H2,1H3,(H,26,29)(H,27,30)(H,28,33). The minimum atomic E-state index is -0.262. The van der Waals surface area contributed by atoms with Crippen LogP contribution in [0.4, 0.5) is 17.2 Å². The van der Waals surface area contributed by atoms with E-state index in [1.807, 2.05) is 42.5 Å². The van der Waals surface area contributed by atoms with Crippen LogP contribution in [-0.2, 0) is 6.54 Å². The first-order valence-corrected chi connectivity index (χ1v) is 11.1. The second-order valence-corrected chi connectivity index (χ2v) is 8.39. The number of likely N-dealkylation sites (N-methyl/N-ethyl adjacent to an activating group) is 1. The van der Waals surface area contributed by atoms with Gasteiger partial charge in [0.1, 0.15) is 11.5 Å². The van der Waals surface area contributed by atoms with Crippen molar-refractivity contribution < 1.29 is 4.79 Å². The maximum absolute atomic E-state index is 12.9. The lowest BCUT2D eigenvalue weighted by Gasteiger charge is -2.32. The molecule has 1 saturated heterocycles. The van der Waals surface area contributed by atoms with Crippen molar-refractivity contribution in [2.24, 2.45) is 0 Å². The molecular weight excluding hydrogens is 414 g/mol. The molecule has 0 radical (unpaired) electrons. The first kappa shape index (κ1) is 21.1. The van der Waals surface area contributed by atoms with Crippen LogP contribution in [0.5, 0.6) is 0 Å². The molecule has 1 fully saturated rings. The first-order valence-electron chi connectivity index (χ1n) is 11.1. The van der Waals surface area contributed by atoms with E-state index in [2.05, 4.69) is 54.8 Å². The number of amides is 1. The summed E-state index contributed by atoms with van der Waals surface area (Å²) in [7, 11) is 2.16. The lowest BCUT2D eigenvalue weighted by atomic mass is 10.1. The second-order valence-electron chi connectivity index (χ2n) is 8.39. The first-order chi connectivity index (χ1) is 16.2. The molecule has 1 amide bonds. The Balaban J connectivity index is 1.25. The third-order valence-corrected chi connectivity index (χ3v) is 6.01. The Morgan fingerprint density at radius 3 is 2.64 bits per heavy atom. The minimum absolute atomic E-state index is 0.262. The Hall–Kier alpha value is -3.75. The van der Waals surface area contributed by atoms with Crippen LogP contribution in [0.25, 0.3) is 10.8 Å². The third kappa shape index (κ3) is 4.87. The van der Waals surface area contributed by atoms with Gasteiger partial charge in [0.05, 0.1) is 11.9 Å². The summed E-state index contributed by atoms with van der Waals surface area (Å²) in [6.07, 6.45) is 3.34. The van der Waals surface area contributed by atoms with Crippen LogP contribution in [0.1, 0.15) is 16.1 Å². The molecule has 0 aliphatic carbocycles. The molecule has 3 N–H and O–H groups in total. The van der Waals surface area contributed by atoms with E-state index in [-0.39, 0.29) is 5.91 Å². The molecule has 1 aliphatic heterocycles. The van der Waals surface area contributed by atoms with E-state index >= 15 is 0 Å². The third-order valence-electron chi connectivity index (χ3n) is 6.01. The van der Waals surface area contributed by atoms with Gasteiger partial charge in [-0.3, -0.25) is 14.8 Å². The number of carbonyl (C=O) groups excluding carboxylic acids is 1. The summed E-state index contributed by atoms with van der Waals surface area (Å²) in [5.41, 5.74) is 2.91. The number of piperazine rings is 1. The summed E-state index contributed by atoms with van der Waals surface area (Å²) in [6, 6.07) is 18.0. The van der Waals surface area contributed by atoms with Crippen molar-refractivity contribution in [3.8, 4) is 0 Å². The van der Waals surface area contributed by atoms with Crippen molar-refractivity contribution in [3.05, 3.63) is 78.2 Å². The molecule has 1 aliphatic rings. The fraction of sp³-hybridized carbons (Fsp3) is 0.240. The largest absolute Gasteiger partial charge is 0.336 e. The Morgan fingerprint density at radius 1 is 1.03 bits per heavy atom. The lowest BCUT2D eigenvalue weighted by molar-refractivity contribution is 0.102. The highest BCUT2D eigenvalue weighted by Crippen LogP contribution is 2.25. The monoisotopic (exact) mass is 441 g/mol. The number of nitrogens with zero attached hydrogens (tertiary/aromatic N) is 4. The van der Waals surface area contributed by atoms with Crippen molar-refractivity contribution in [1.29, 1.82) is 0 Å². The number of benzene rings is 2. The van der Waals surface area contributed by atoms with Gasteiger partial charge in [0.15, 0.2) is 0 Å². The maximum atomic E-state index is 12.9. The summed E-state index contributed by atoms with van der Waals surface area (Å²) >= 11 is 0. The molecular formula is C25H27N7O. The average molecular weight is 442 g/mol. The molecule has 3 heterocycles. The number of H-pyrrole nitrogens is 1. The number of carbonyl (C=O) groups is 1. The predicted molar refractivity (Wildman–Crippen MR) is 131 cm³/mol. The predicted octanol–water partition coefficient (Wildman–Crippen LogP) is 3.70. The molecule has 8 nitrogen and oxygen atoms in total. The molecule has 33 heavy (non-hydrogen) atoms. The van der Waals surface area contributed by atoms with E-state index in [4.69, 9.17) is 0 Å². The molecule has 2 aromatic carbocycles. The van der Waals surface area contributed by atoms with E-state index in [0.717, 1.165) is 49.2 Å². The van der Waals surface area contributed by atoms with Gasteiger partial charge >= 0.3 is 0 Å². The van der Waals surface area contributed by atoms with Crippen LogP contribution in [0.15, 0.2) is 67.0 Å². The van der Waals surface area contributed by atoms with Crippen LogP contribution >= 0.6 is 0 Å². The SMILES string of the molecule is CN1CCN(Cc2ccc(NC(=O)c3[nH]ncc3Nc3nccc4ccccc34)cc2)CC1. The molecule has 5 rings (SSSR count). The van der Waals surface area contributed by atoms with Crippen molar-refractivity contribution in [2.75, 3.05) is 43.9 Å². The van der Waals surface area contributed by atoms with Crippen molar-refractivity contribution in [2.45, 2.75) is 6.54 Å². The number of hydrogen-bond acceptors (Lipinski definition) is 6. The lowest BCUT2D eigenvalue weighted by Crippen LogP contribution is -2.43. The van der Waals surface area contributed by atoms with E-state index < -0.39 is 0 Å². The van der Waals surface area contributed by atoms with Crippen LogP contribution in [0, 0.1) is 0 Å². The number of fused-ring (bicyclic) bond motifs is 1. The zero-order chi connectivity index (χ0) is 22.6. The number of pyridine rings is 1. The summed E-state index contributed by atoms with van der Waals surface area (Å²) in [5, 5.41) is 15.1. The Bertz CT molecular complexity index is 1240. The van der Waals surface area contributed by atoms with Gasteiger partial charge in [-0.1, -0.05) is 36.4 Å². The van der Waals surface area contributed by atoms with E-state index in [9.17, 15) is 4.79 Å². The van der Waals surface area contributed by atoms with E-state index in [1.165, 1.54) is 5.56 Å². The normalized spacial score (nSPS) is 14.9. The van der Waals surface area contributed by atoms with Crippen LogP contribution in [0.3, 0.4) is 0 Å².